The van der Waals surface area contributed by atoms with Crippen molar-refractivity contribution in [3.63, 3.8) is 0 Å². The second-order valence-corrected chi connectivity index (χ2v) is 14.3. The molecular weight excluding hydrogens is 714 g/mol. The van der Waals surface area contributed by atoms with Crippen molar-refractivity contribution in [2.75, 3.05) is 35.3 Å². The molecule has 1 saturated heterocycles. The molecule has 6 heterocycles. The summed E-state index contributed by atoms with van der Waals surface area (Å²) in [6.07, 6.45) is -7.17. The lowest BCUT2D eigenvalue weighted by Crippen LogP contribution is -2.52. The number of fused-ring (bicyclic) bond motifs is 3. The van der Waals surface area contributed by atoms with Gasteiger partial charge < -0.3 is 51.6 Å². The Balaban J connectivity index is 1.06. The zero-order valence-electron chi connectivity index (χ0n) is 23.3. The van der Waals surface area contributed by atoms with E-state index in [1.54, 1.807) is 0 Å². The average Bonchev–Trinajstić information content (AvgIpc) is 3.52. The first-order valence-electron chi connectivity index (χ1n) is 13.2. The van der Waals surface area contributed by atoms with Crippen LogP contribution in [0.5, 0.6) is 0 Å². The van der Waals surface area contributed by atoms with E-state index in [1.165, 1.54) is 0 Å². The van der Waals surface area contributed by atoms with Crippen molar-refractivity contribution < 1.29 is 52.0 Å². The van der Waals surface area contributed by atoms with Crippen LogP contribution >= 0.6 is 28.3 Å². The van der Waals surface area contributed by atoms with Crippen molar-refractivity contribution >= 4 is 75.5 Å². The van der Waals surface area contributed by atoms with Crippen LogP contribution in [0.4, 0.5) is 23.4 Å². The third kappa shape index (κ3) is 6.67. The lowest BCUT2D eigenvalue weighted by Gasteiger charge is -2.39. The highest BCUT2D eigenvalue weighted by molar-refractivity contribution is 7.85. The third-order valence-corrected chi connectivity index (χ3v) is 11.0. The Bertz CT molecular complexity index is 1970. The second kappa shape index (κ2) is 12.5. The van der Waals surface area contributed by atoms with Crippen LogP contribution in [-0.2, 0) is 44.6 Å². The zero-order chi connectivity index (χ0) is 34.0. The summed E-state index contributed by atoms with van der Waals surface area (Å²) < 4.78 is 51.7. The number of nitrogens with two attached hydrogens (primary N) is 2. The molecule has 0 aromatic carbocycles. The van der Waals surface area contributed by atoms with Crippen LogP contribution in [0.2, 0.25) is 0 Å². The van der Waals surface area contributed by atoms with Gasteiger partial charge in [-0.3, -0.25) is 33.2 Å². The van der Waals surface area contributed by atoms with Crippen molar-refractivity contribution in [1.29, 1.82) is 0 Å². The Morgan fingerprint density at radius 3 is 2.38 bits per heavy atom. The highest BCUT2D eigenvalue weighted by atomic mass is 32.1. The predicted molar refractivity (Wildman–Crippen MR) is 166 cm³/mol. The fourth-order valence-electron chi connectivity index (χ4n) is 4.94. The van der Waals surface area contributed by atoms with E-state index in [0.717, 1.165) is 10.9 Å². The Morgan fingerprint density at radius 1 is 1.00 bits per heavy atom. The smallest absolute Gasteiger partial charge is 0.387 e. The number of thiol groups is 1. The predicted octanol–water partition coefficient (Wildman–Crippen LogP) is -2.98. The molecule has 1 fully saturated rings. The normalized spacial score (nSPS) is 29.8. The first-order chi connectivity index (χ1) is 22.0. The van der Waals surface area contributed by atoms with Crippen molar-refractivity contribution in [1.82, 2.24) is 29.5 Å². The van der Waals surface area contributed by atoms with Crippen molar-refractivity contribution in [3.05, 3.63) is 36.8 Å². The molecule has 256 valence electrons. The SMILES string of the molecule is Nc1nc2c(c(=O)[nH]1)N[C@H]1C(S)=C([SH2+])[C@@H](COP(=O)(O)OP(=O)(O)OC[C@H]3O[C@@H](n4cnc5c(=O)[nH]c(N)nc54)[C@H](O)[C@@H]3O)O[C@H]1N2. The third-order valence-electron chi connectivity index (χ3n) is 7.08. The molecule has 0 radical (unpaired) electrons. The van der Waals surface area contributed by atoms with Gasteiger partial charge in [-0.25, -0.2) is 14.1 Å². The number of phosphoric acid groups is 2. The van der Waals surface area contributed by atoms with Gasteiger partial charge in [0.25, 0.3) is 11.1 Å². The molecule has 2 unspecified atom stereocenters. The van der Waals surface area contributed by atoms with E-state index >= 15 is 0 Å². The molecule has 3 aromatic rings. The molecule has 0 aliphatic carbocycles. The average molecular weight is 742 g/mol. The molecule has 3 aliphatic heterocycles. The Hall–Kier alpha value is -3.03. The number of aliphatic hydroxyl groups excluding tert-OH is 2. The Kier molecular flexibility index (Phi) is 8.97. The molecule has 3 aromatic heterocycles. The summed E-state index contributed by atoms with van der Waals surface area (Å²) in [5.74, 6) is -0.342. The first-order valence-corrected chi connectivity index (χ1v) is 17.1. The van der Waals surface area contributed by atoms with Crippen LogP contribution in [0.3, 0.4) is 0 Å². The number of nitrogens with one attached hydrogen (secondary N) is 4. The van der Waals surface area contributed by atoms with E-state index in [9.17, 15) is 38.7 Å². The van der Waals surface area contributed by atoms with E-state index in [1.807, 2.05) is 0 Å². The summed E-state index contributed by atoms with van der Waals surface area (Å²) in [5, 5.41) is 26.8. The number of aromatic nitrogens is 6. The fourth-order valence-corrected chi connectivity index (χ4v) is 7.67. The number of nitrogens with zero attached hydrogens (tertiary/aromatic N) is 4. The number of hydrogen-bond donors (Lipinski definition) is 11. The molecule has 0 bridgehead atoms. The van der Waals surface area contributed by atoms with Crippen molar-refractivity contribution in [2.24, 2.45) is 0 Å². The van der Waals surface area contributed by atoms with E-state index in [0.29, 0.717) is 4.91 Å². The van der Waals surface area contributed by atoms with Gasteiger partial charge in [-0.15, -0.1) is 12.6 Å². The van der Waals surface area contributed by atoms with Gasteiger partial charge in [-0.1, -0.05) is 0 Å². The number of aromatic amines is 2. The quantitative estimate of drug-likeness (QED) is 0.0592. The Morgan fingerprint density at radius 2 is 1.66 bits per heavy atom. The minimum atomic E-state index is -5.37. The summed E-state index contributed by atoms with van der Waals surface area (Å²) in [6, 6.07) is -0.708. The summed E-state index contributed by atoms with van der Waals surface area (Å²) in [7, 11) is -10.7. The summed E-state index contributed by atoms with van der Waals surface area (Å²) >= 11 is 7.78. The number of aliphatic hydroxyl groups is 2. The Labute approximate surface area is 271 Å². The molecule has 47 heavy (non-hydrogen) atoms. The van der Waals surface area contributed by atoms with Crippen LogP contribution in [0.25, 0.3) is 11.2 Å². The van der Waals surface area contributed by atoms with Crippen LogP contribution in [0, 0.1) is 0 Å². The van der Waals surface area contributed by atoms with Gasteiger partial charge in [0.15, 0.2) is 40.4 Å². The molecule has 23 nitrogen and oxygen atoms in total. The van der Waals surface area contributed by atoms with E-state index in [-0.39, 0.29) is 39.5 Å². The van der Waals surface area contributed by atoms with E-state index < -0.39 is 82.9 Å². The van der Waals surface area contributed by atoms with Gasteiger partial charge in [0.05, 0.1) is 24.4 Å². The fraction of sp³-hybridized carbons (Fsp3) is 0.450. The standard InChI is InChI=1S/C20H26N10O13P2S2/c21-19-26-13-7(15(33)28-19)24-6-12(47)11(46)5(41-17(6)25-13)2-40-45(37,38)43-44(35,36)39-1-4-9(31)10(32)18(42-4)30-3-23-8-14(30)27-20(22)29-16(8)34/h3-6,9-10,17-18,24,31-32,46-47H,1-2H2,(H,35,36)(H,37,38)(H3,22,27,29,34)(H4,21,25,26,28,33)/p+1/t4-,5-,6+,9-,10-,17-,18-/m1/s1. The summed E-state index contributed by atoms with van der Waals surface area (Å²) in [6.45, 7) is -1.63. The van der Waals surface area contributed by atoms with Crippen molar-refractivity contribution in [3.8, 4) is 0 Å². The van der Waals surface area contributed by atoms with Gasteiger partial charge in [0.1, 0.15) is 30.0 Å². The monoisotopic (exact) mass is 741 g/mol. The van der Waals surface area contributed by atoms with Gasteiger partial charge >= 0.3 is 15.6 Å². The minimum absolute atomic E-state index is 0.0745. The second-order valence-electron chi connectivity index (χ2n) is 10.2. The number of H-pyrrole nitrogens is 2. The minimum Gasteiger partial charge on any atom is -0.387 e. The number of nitrogen functional groups attached to an aromatic ring is 2. The molecule has 27 heteroatoms. The van der Waals surface area contributed by atoms with Crippen LogP contribution < -0.4 is 33.2 Å². The lowest BCUT2D eigenvalue weighted by molar-refractivity contribution is -0.0506. The first kappa shape index (κ1) is 33.9. The molecule has 9 atom stereocenters. The van der Waals surface area contributed by atoms with Gasteiger partial charge in [-0.05, 0) is 12.6 Å². The number of anilines is 4. The van der Waals surface area contributed by atoms with Gasteiger partial charge in [-0.2, -0.15) is 14.3 Å². The number of hydrogen-bond acceptors (Lipinski definition) is 19. The molecule has 0 amide bonds. The summed E-state index contributed by atoms with van der Waals surface area (Å²) in [5.41, 5.74) is 9.79. The number of rotatable bonds is 9. The maximum Gasteiger partial charge on any atom is 0.481 e. The van der Waals surface area contributed by atoms with Crippen molar-refractivity contribution in [2.45, 2.75) is 42.9 Å². The highest BCUT2D eigenvalue weighted by Gasteiger charge is 2.47. The number of imidazole rings is 1. The number of phosphoric ester groups is 2. The van der Waals surface area contributed by atoms with Gasteiger partial charge in [0, 0.05) is 0 Å². The van der Waals surface area contributed by atoms with Crippen LogP contribution in [0.1, 0.15) is 6.23 Å². The number of ether oxygens (including phenoxy) is 2. The zero-order valence-corrected chi connectivity index (χ0v) is 27.0. The van der Waals surface area contributed by atoms with E-state index in [2.05, 4.69) is 65.1 Å². The molecule has 12 N–H and O–H groups in total. The summed E-state index contributed by atoms with van der Waals surface area (Å²) in [4.78, 5) is 61.6. The molecule has 3 aliphatic rings. The topological polar surface area (TPSA) is 347 Å². The molecule has 0 saturated carbocycles. The lowest BCUT2D eigenvalue weighted by atomic mass is 10.1. The molecule has 0 spiro atoms. The van der Waals surface area contributed by atoms with Crippen LogP contribution in [0.15, 0.2) is 25.7 Å². The maximum absolute atomic E-state index is 12.6. The van der Waals surface area contributed by atoms with Gasteiger partial charge in [0.2, 0.25) is 11.9 Å². The molecule has 6 rings (SSSR count). The molecular formula is C20H27N10O13P2S2+. The highest BCUT2D eigenvalue weighted by Crippen LogP contribution is 2.60. The maximum atomic E-state index is 12.6. The van der Waals surface area contributed by atoms with E-state index in [4.69, 9.17) is 30.0 Å². The van der Waals surface area contributed by atoms with Crippen LogP contribution in [-0.4, -0.2) is 99.4 Å². The largest absolute Gasteiger partial charge is 0.481 e.